The van der Waals surface area contributed by atoms with Crippen LogP contribution in [0.25, 0.3) is 0 Å². The fourth-order valence-electron chi connectivity index (χ4n) is 2.46. The summed E-state index contributed by atoms with van der Waals surface area (Å²) >= 11 is 0. The van der Waals surface area contributed by atoms with Gasteiger partial charge in [-0.3, -0.25) is 4.90 Å². The van der Waals surface area contributed by atoms with Crippen LogP contribution in [-0.4, -0.2) is 24.5 Å². The molecule has 0 amide bonds. The number of rotatable bonds is 3. The maximum Gasteiger partial charge on any atom is 0.0419 e. The molecule has 3 rings (SSSR count). The van der Waals surface area contributed by atoms with E-state index in [4.69, 9.17) is 0 Å². The van der Waals surface area contributed by atoms with Gasteiger partial charge in [0.05, 0.1) is 0 Å². The van der Waals surface area contributed by atoms with Gasteiger partial charge in [-0.25, -0.2) is 0 Å². The summed E-state index contributed by atoms with van der Waals surface area (Å²) < 4.78 is 0. The predicted molar refractivity (Wildman–Crippen MR) is 63.1 cm³/mol. The Labute approximate surface area is 91.3 Å². The first-order valence-electron chi connectivity index (χ1n) is 5.89. The quantitative estimate of drug-likeness (QED) is 0.808. The number of anilines is 1. The maximum atomic E-state index is 3.51. The molecule has 0 spiro atoms. The number of hydrogen-bond acceptors (Lipinski definition) is 2. The first kappa shape index (κ1) is 9.22. The average Bonchev–Trinajstić information content (AvgIpc) is 2.97. The van der Waals surface area contributed by atoms with Gasteiger partial charge in [0, 0.05) is 24.8 Å². The lowest BCUT2D eigenvalue weighted by atomic mass is 10.1. The third-order valence-electron chi connectivity index (χ3n) is 3.52. The molecular formula is C13H18N2. The van der Waals surface area contributed by atoms with E-state index in [0.29, 0.717) is 0 Å². The summed E-state index contributed by atoms with van der Waals surface area (Å²) in [6.45, 7) is 2.21. The molecule has 0 bridgehead atoms. The van der Waals surface area contributed by atoms with Gasteiger partial charge in [0.2, 0.25) is 0 Å². The number of benzene rings is 1. The largest absolute Gasteiger partial charge is 0.384 e. The molecule has 2 nitrogen and oxygen atoms in total. The van der Waals surface area contributed by atoms with Crippen molar-refractivity contribution >= 4 is 5.69 Å². The number of hydrogen-bond donors (Lipinski definition) is 1. The second-order valence-corrected chi connectivity index (χ2v) is 4.77. The summed E-state index contributed by atoms with van der Waals surface area (Å²) in [7, 11) is 2.24. The van der Waals surface area contributed by atoms with Crippen LogP contribution in [0.2, 0.25) is 0 Å². The van der Waals surface area contributed by atoms with Crippen molar-refractivity contribution in [1.29, 1.82) is 0 Å². The van der Waals surface area contributed by atoms with Crippen LogP contribution in [0.3, 0.4) is 0 Å². The minimum atomic E-state index is 0.849. The van der Waals surface area contributed by atoms with Crippen LogP contribution >= 0.6 is 0 Å². The second kappa shape index (κ2) is 3.53. The van der Waals surface area contributed by atoms with Gasteiger partial charge in [-0.15, -0.1) is 0 Å². The molecule has 80 valence electrons. The molecule has 1 aromatic carbocycles. The number of nitrogens with one attached hydrogen (secondary N) is 1. The minimum Gasteiger partial charge on any atom is -0.384 e. The SMILES string of the molecule is CN(Cc1cccc2c1NCC2)C1CC1. The van der Waals surface area contributed by atoms with E-state index in [1.165, 1.54) is 36.1 Å². The zero-order valence-electron chi connectivity index (χ0n) is 9.29. The van der Waals surface area contributed by atoms with Crippen molar-refractivity contribution in [3.63, 3.8) is 0 Å². The van der Waals surface area contributed by atoms with E-state index in [1.54, 1.807) is 0 Å². The summed E-state index contributed by atoms with van der Waals surface area (Å²) in [6, 6.07) is 7.55. The van der Waals surface area contributed by atoms with Crippen LogP contribution in [0.15, 0.2) is 18.2 Å². The van der Waals surface area contributed by atoms with Gasteiger partial charge in [-0.1, -0.05) is 18.2 Å². The molecule has 0 saturated heterocycles. The summed E-state index contributed by atoms with van der Waals surface area (Å²) in [5.41, 5.74) is 4.38. The van der Waals surface area contributed by atoms with Crippen molar-refractivity contribution < 1.29 is 0 Å². The molecule has 0 aromatic heterocycles. The topological polar surface area (TPSA) is 15.3 Å². The Kier molecular flexibility index (Phi) is 2.17. The smallest absolute Gasteiger partial charge is 0.0419 e. The van der Waals surface area contributed by atoms with Gasteiger partial charge in [0.25, 0.3) is 0 Å². The van der Waals surface area contributed by atoms with Gasteiger partial charge in [-0.05, 0) is 37.4 Å². The summed E-state index contributed by atoms with van der Waals surface area (Å²) in [4.78, 5) is 2.48. The Morgan fingerprint density at radius 3 is 3.07 bits per heavy atom. The third kappa shape index (κ3) is 1.74. The fraction of sp³-hybridized carbons (Fsp3) is 0.538. The van der Waals surface area contributed by atoms with Crippen LogP contribution < -0.4 is 5.32 Å². The molecule has 1 saturated carbocycles. The molecule has 1 fully saturated rings. The molecular weight excluding hydrogens is 184 g/mol. The van der Waals surface area contributed by atoms with E-state index in [-0.39, 0.29) is 0 Å². The second-order valence-electron chi connectivity index (χ2n) is 4.77. The molecule has 1 heterocycles. The highest BCUT2D eigenvalue weighted by Crippen LogP contribution is 2.31. The Bertz CT molecular complexity index is 369. The van der Waals surface area contributed by atoms with E-state index in [1.807, 2.05) is 0 Å². The summed E-state index contributed by atoms with van der Waals surface area (Å²) in [6.07, 6.45) is 3.97. The monoisotopic (exact) mass is 202 g/mol. The lowest BCUT2D eigenvalue weighted by Crippen LogP contribution is -2.20. The zero-order valence-corrected chi connectivity index (χ0v) is 9.29. The van der Waals surface area contributed by atoms with Crippen LogP contribution in [0.4, 0.5) is 5.69 Å². The summed E-state index contributed by atoms with van der Waals surface area (Å²) in [5, 5.41) is 3.51. The van der Waals surface area contributed by atoms with Crippen LogP contribution in [-0.2, 0) is 13.0 Å². The van der Waals surface area contributed by atoms with Gasteiger partial charge >= 0.3 is 0 Å². The van der Waals surface area contributed by atoms with Crippen LogP contribution in [0.5, 0.6) is 0 Å². The first-order chi connectivity index (χ1) is 7.34. The number of fused-ring (bicyclic) bond motifs is 1. The van der Waals surface area contributed by atoms with Crippen molar-refractivity contribution in [2.45, 2.75) is 31.8 Å². The van der Waals surface area contributed by atoms with Crippen LogP contribution in [0.1, 0.15) is 24.0 Å². The minimum absolute atomic E-state index is 0.849. The van der Waals surface area contributed by atoms with Gasteiger partial charge < -0.3 is 5.32 Å². The van der Waals surface area contributed by atoms with Crippen molar-refractivity contribution in [2.24, 2.45) is 0 Å². The zero-order chi connectivity index (χ0) is 10.3. The molecule has 1 aliphatic heterocycles. The molecule has 2 heteroatoms. The standard InChI is InChI=1S/C13H18N2/c1-15(12-5-6-12)9-11-4-2-3-10-7-8-14-13(10)11/h2-4,12,14H,5-9H2,1H3. The molecule has 1 aliphatic carbocycles. The maximum absolute atomic E-state index is 3.51. The van der Waals surface area contributed by atoms with E-state index in [9.17, 15) is 0 Å². The molecule has 1 N–H and O–H groups in total. The molecule has 0 radical (unpaired) electrons. The molecule has 2 aliphatic rings. The van der Waals surface area contributed by atoms with Crippen molar-refractivity contribution in [3.05, 3.63) is 29.3 Å². The lowest BCUT2D eigenvalue weighted by Gasteiger charge is -2.18. The average molecular weight is 202 g/mol. The third-order valence-corrected chi connectivity index (χ3v) is 3.52. The summed E-state index contributed by atoms with van der Waals surface area (Å²) in [5.74, 6) is 0. The van der Waals surface area contributed by atoms with E-state index >= 15 is 0 Å². The van der Waals surface area contributed by atoms with Gasteiger partial charge in [-0.2, -0.15) is 0 Å². The molecule has 0 unspecified atom stereocenters. The van der Waals surface area contributed by atoms with Crippen molar-refractivity contribution in [2.75, 3.05) is 18.9 Å². The lowest BCUT2D eigenvalue weighted by molar-refractivity contribution is 0.317. The fourth-order valence-corrected chi connectivity index (χ4v) is 2.46. The van der Waals surface area contributed by atoms with Crippen molar-refractivity contribution in [3.8, 4) is 0 Å². The van der Waals surface area contributed by atoms with E-state index < -0.39 is 0 Å². The van der Waals surface area contributed by atoms with Crippen LogP contribution in [0, 0.1) is 0 Å². The van der Waals surface area contributed by atoms with Gasteiger partial charge in [0.15, 0.2) is 0 Å². The Morgan fingerprint density at radius 1 is 1.40 bits per heavy atom. The van der Waals surface area contributed by atoms with E-state index in [2.05, 4.69) is 35.5 Å². The number of para-hydroxylation sites is 1. The van der Waals surface area contributed by atoms with Gasteiger partial charge in [0.1, 0.15) is 0 Å². The van der Waals surface area contributed by atoms with Crippen molar-refractivity contribution in [1.82, 2.24) is 4.90 Å². The first-order valence-corrected chi connectivity index (χ1v) is 5.89. The highest BCUT2D eigenvalue weighted by Gasteiger charge is 2.26. The number of nitrogens with zero attached hydrogens (tertiary/aromatic N) is 1. The van der Waals surface area contributed by atoms with E-state index in [0.717, 1.165) is 19.1 Å². The predicted octanol–water partition coefficient (Wildman–Crippen LogP) is 2.25. The Morgan fingerprint density at radius 2 is 2.27 bits per heavy atom. The highest BCUT2D eigenvalue weighted by molar-refractivity contribution is 5.61. The normalized spacial score (nSPS) is 19.1. The molecule has 0 atom stereocenters. The Hall–Kier alpha value is -1.02. The molecule has 1 aromatic rings. The molecule has 15 heavy (non-hydrogen) atoms. The Balaban J connectivity index is 1.82. The highest BCUT2D eigenvalue weighted by atomic mass is 15.2.